The lowest BCUT2D eigenvalue weighted by atomic mass is 10.2. The van der Waals surface area contributed by atoms with Crippen LogP contribution in [0.5, 0.6) is 11.5 Å². The third kappa shape index (κ3) is 3.95. The Kier molecular flexibility index (Phi) is 4.80. The molecule has 2 amide bonds. The maximum Gasteiger partial charge on any atom is 0.309 e. The molecule has 2 aromatic heterocycles. The quantitative estimate of drug-likeness (QED) is 0.660. The molecular weight excluding hydrogens is 368 g/mol. The normalized spacial score (nSPS) is 12.0. The topological polar surface area (TPSA) is 89.8 Å². The SMILES string of the molecule is O=C(NCc1ccc2c(c1)OCO2)C(=O)NCc1ccc(-c2cccs2)o1. The molecule has 3 aromatic rings. The molecule has 27 heavy (non-hydrogen) atoms. The number of thiophene rings is 1. The van der Waals surface area contributed by atoms with Gasteiger partial charge in [0.1, 0.15) is 11.5 Å². The molecular formula is C19H16N2O5S. The number of ether oxygens (including phenoxy) is 2. The zero-order valence-corrected chi connectivity index (χ0v) is 15.0. The molecule has 138 valence electrons. The van der Waals surface area contributed by atoms with Gasteiger partial charge in [-0.15, -0.1) is 11.3 Å². The Hall–Kier alpha value is -3.26. The summed E-state index contributed by atoms with van der Waals surface area (Å²) in [5, 5.41) is 7.09. The summed E-state index contributed by atoms with van der Waals surface area (Å²) < 4.78 is 16.2. The molecule has 2 N–H and O–H groups in total. The summed E-state index contributed by atoms with van der Waals surface area (Å²) in [6, 6.07) is 12.9. The zero-order valence-electron chi connectivity index (χ0n) is 14.2. The van der Waals surface area contributed by atoms with Crippen molar-refractivity contribution in [1.82, 2.24) is 10.6 Å². The van der Waals surface area contributed by atoms with Crippen molar-refractivity contribution in [2.24, 2.45) is 0 Å². The smallest absolute Gasteiger partial charge is 0.309 e. The maximum absolute atomic E-state index is 12.0. The molecule has 1 aromatic carbocycles. The number of benzene rings is 1. The first-order valence-electron chi connectivity index (χ1n) is 8.26. The summed E-state index contributed by atoms with van der Waals surface area (Å²) in [6.07, 6.45) is 0. The van der Waals surface area contributed by atoms with Crippen molar-refractivity contribution < 1.29 is 23.5 Å². The molecule has 7 nitrogen and oxygen atoms in total. The van der Waals surface area contributed by atoms with Crippen molar-refractivity contribution in [3.63, 3.8) is 0 Å². The predicted molar refractivity (Wildman–Crippen MR) is 98.3 cm³/mol. The van der Waals surface area contributed by atoms with Crippen LogP contribution >= 0.6 is 11.3 Å². The van der Waals surface area contributed by atoms with E-state index in [1.807, 2.05) is 23.6 Å². The molecule has 0 aliphatic carbocycles. The number of furan rings is 1. The lowest BCUT2D eigenvalue weighted by Crippen LogP contribution is -2.39. The fraction of sp³-hybridized carbons (Fsp3) is 0.158. The summed E-state index contributed by atoms with van der Waals surface area (Å²) in [5.41, 5.74) is 0.812. The summed E-state index contributed by atoms with van der Waals surface area (Å²) in [4.78, 5) is 24.9. The van der Waals surface area contributed by atoms with E-state index >= 15 is 0 Å². The first kappa shape index (κ1) is 17.2. The van der Waals surface area contributed by atoms with Crippen LogP contribution < -0.4 is 20.1 Å². The third-order valence-electron chi connectivity index (χ3n) is 3.95. The molecule has 0 spiro atoms. The van der Waals surface area contributed by atoms with Crippen LogP contribution in [0, 0.1) is 0 Å². The van der Waals surface area contributed by atoms with Crippen molar-refractivity contribution >= 4 is 23.2 Å². The van der Waals surface area contributed by atoms with Gasteiger partial charge in [0, 0.05) is 6.54 Å². The van der Waals surface area contributed by atoms with Gasteiger partial charge in [-0.25, -0.2) is 0 Å². The Labute approximate surface area is 158 Å². The van der Waals surface area contributed by atoms with Crippen molar-refractivity contribution in [3.05, 3.63) is 59.2 Å². The van der Waals surface area contributed by atoms with E-state index in [-0.39, 0.29) is 19.9 Å². The van der Waals surface area contributed by atoms with E-state index in [2.05, 4.69) is 10.6 Å². The van der Waals surface area contributed by atoms with Gasteiger partial charge in [-0.05, 0) is 41.3 Å². The summed E-state index contributed by atoms with van der Waals surface area (Å²) in [7, 11) is 0. The van der Waals surface area contributed by atoms with Crippen LogP contribution in [0.3, 0.4) is 0 Å². The molecule has 0 radical (unpaired) electrons. The first-order valence-corrected chi connectivity index (χ1v) is 9.14. The van der Waals surface area contributed by atoms with Crippen LogP contribution in [-0.2, 0) is 22.7 Å². The maximum atomic E-state index is 12.0. The highest BCUT2D eigenvalue weighted by Gasteiger charge is 2.16. The lowest BCUT2D eigenvalue weighted by Gasteiger charge is -2.06. The van der Waals surface area contributed by atoms with Crippen LogP contribution in [-0.4, -0.2) is 18.6 Å². The molecule has 0 bridgehead atoms. The van der Waals surface area contributed by atoms with E-state index in [9.17, 15) is 9.59 Å². The molecule has 0 atom stereocenters. The van der Waals surface area contributed by atoms with Gasteiger partial charge in [0.25, 0.3) is 0 Å². The van der Waals surface area contributed by atoms with Crippen LogP contribution in [0.2, 0.25) is 0 Å². The number of hydrogen-bond acceptors (Lipinski definition) is 6. The number of rotatable bonds is 5. The molecule has 1 aliphatic rings. The van der Waals surface area contributed by atoms with E-state index in [4.69, 9.17) is 13.9 Å². The Balaban J connectivity index is 1.26. The molecule has 0 fully saturated rings. The number of fused-ring (bicyclic) bond motifs is 1. The standard InChI is InChI=1S/C19H16N2O5S/c22-18(20-9-12-3-5-14-16(8-12)25-11-24-14)19(23)21-10-13-4-6-15(26-13)17-2-1-7-27-17/h1-8H,9-11H2,(H,20,22)(H,21,23). The minimum atomic E-state index is -0.718. The molecule has 3 heterocycles. The highest BCUT2D eigenvalue weighted by molar-refractivity contribution is 7.13. The third-order valence-corrected chi connectivity index (χ3v) is 4.83. The number of amides is 2. The Morgan fingerprint density at radius 1 is 0.963 bits per heavy atom. The first-order chi connectivity index (χ1) is 13.2. The predicted octanol–water partition coefficient (Wildman–Crippen LogP) is 2.67. The number of hydrogen-bond donors (Lipinski definition) is 2. The van der Waals surface area contributed by atoms with Gasteiger partial charge >= 0.3 is 11.8 Å². The van der Waals surface area contributed by atoms with E-state index in [0.29, 0.717) is 17.3 Å². The van der Waals surface area contributed by atoms with E-state index in [0.717, 1.165) is 16.2 Å². The highest BCUT2D eigenvalue weighted by atomic mass is 32.1. The number of carbonyl (C=O) groups is 2. The average Bonchev–Trinajstić information content (AvgIpc) is 3.44. The van der Waals surface area contributed by atoms with E-state index in [1.165, 1.54) is 0 Å². The molecule has 1 aliphatic heterocycles. The molecule has 0 saturated carbocycles. The van der Waals surface area contributed by atoms with Gasteiger partial charge < -0.3 is 24.5 Å². The van der Waals surface area contributed by atoms with Crippen molar-refractivity contribution in [2.75, 3.05) is 6.79 Å². The van der Waals surface area contributed by atoms with Gasteiger partial charge in [0.15, 0.2) is 11.5 Å². The zero-order chi connectivity index (χ0) is 18.6. The molecule has 8 heteroatoms. The molecule has 0 saturated heterocycles. The van der Waals surface area contributed by atoms with Gasteiger partial charge in [0.2, 0.25) is 6.79 Å². The van der Waals surface area contributed by atoms with Crippen molar-refractivity contribution in [1.29, 1.82) is 0 Å². The summed E-state index contributed by atoms with van der Waals surface area (Å²) in [5.74, 6) is 1.19. The van der Waals surface area contributed by atoms with Crippen LogP contribution in [0.1, 0.15) is 11.3 Å². The summed E-state index contributed by atoms with van der Waals surface area (Å²) in [6.45, 7) is 0.544. The molecule has 0 unspecified atom stereocenters. The monoisotopic (exact) mass is 384 g/mol. The van der Waals surface area contributed by atoms with Gasteiger partial charge in [0.05, 0.1) is 11.4 Å². The van der Waals surface area contributed by atoms with E-state index < -0.39 is 11.8 Å². The van der Waals surface area contributed by atoms with Crippen molar-refractivity contribution in [3.8, 4) is 22.1 Å². The Morgan fingerprint density at radius 2 is 1.78 bits per heavy atom. The van der Waals surface area contributed by atoms with Crippen LogP contribution in [0.25, 0.3) is 10.6 Å². The van der Waals surface area contributed by atoms with Crippen LogP contribution in [0.4, 0.5) is 0 Å². The van der Waals surface area contributed by atoms with Gasteiger partial charge in [-0.1, -0.05) is 12.1 Å². The minimum Gasteiger partial charge on any atom is -0.458 e. The number of carbonyl (C=O) groups excluding carboxylic acids is 2. The van der Waals surface area contributed by atoms with Gasteiger partial charge in [-0.2, -0.15) is 0 Å². The lowest BCUT2D eigenvalue weighted by molar-refractivity contribution is -0.139. The second-order valence-electron chi connectivity index (χ2n) is 5.80. The summed E-state index contributed by atoms with van der Waals surface area (Å²) >= 11 is 1.57. The van der Waals surface area contributed by atoms with Gasteiger partial charge in [-0.3, -0.25) is 9.59 Å². The highest BCUT2D eigenvalue weighted by Crippen LogP contribution is 2.32. The van der Waals surface area contributed by atoms with E-state index in [1.54, 1.807) is 35.6 Å². The molecule has 4 rings (SSSR count). The second-order valence-corrected chi connectivity index (χ2v) is 6.74. The Bertz CT molecular complexity index is 964. The Morgan fingerprint density at radius 3 is 2.59 bits per heavy atom. The second kappa shape index (κ2) is 7.55. The average molecular weight is 384 g/mol. The van der Waals surface area contributed by atoms with Crippen LogP contribution in [0.15, 0.2) is 52.3 Å². The fourth-order valence-corrected chi connectivity index (χ4v) is 3.27. The number of nitrogens with one attached hydrogen (secondary N) is 2. The van der Waals surface area contributed by atoms with Crippen molar-refractivity contribution in [2.45, 2.75) is 13.1 Å². The largest absolute Gasteiger partial charge is 0.458 e. The fourth-order valence-electron chi connectivity index (χ4n) is 2.59. The minimum absolute atomic E-state index is 0.141.